The second kappa shape index (κ2) is 13.5. The van der Waals surface area contributed by atoms with Gasteiger partial charge < -0.3 is 19.9 Å². The molecule has 2 bridgehead atoms. The summed E-state index contributed by atoms with van der Waals surface area (Å²) in [6, 6.07) is 18.5. The van der Waals surface area contributed by atoms with Crippen LogP contribution in [0.5, 0.6) is 5.75 Å². The number of methoxy groups -OCH3 is 1. The van der Waals surface area contributed by atoms with Gasteiger partial charge in [0, 0.05) is 55.7 Å². The van der Waals surface area contributed by atoms with Crippen LogP contribution in [0.3, 0.4) is 0 Å². The number of aliphatic imine (C=N–C) groups is 1. The Morgan fingerprint density at radius 2 is 1.80 bits per heavy atom. The molecule has 3 aromatic carbocycles. The van der Waals surface area contributed by atoms with E-state index >= 15 is 0 Å². The molecule has 0 spiro atoms. The van der Waals surface area contributed by atoms with Crippen molar-refractivity contribution in [1.82, 2.24) is 14.5 Å². The molecular formula is C40H47FN6O3. The Labute approximate surface area is 293 Å². The molecule has 0 amide bonds. The Bertz CT molecular complexity index is 1980. The van der Waals surface area contributed by atoms with Gasteiger partial charge in [-0.2, -0.15) is 0 Å². The molecule has 0 radical (unpaired) electrons. The lowest BCUT2D eigenvalue weighted by atomic mass is 9.45. The first-order valence-electron chi connectivity index (χ1n) is 17.8. The highest BCUT2D eigenvalue weighted by molar-refractivity contribution is 5.96. The van der Waals surface area contributed by atoms with E-state index in [-0.39, 0.29) is 23.2 Å². The van der Waals surface area contributed by atoms with Crippen LogP contribution in [0.2, 0.25) is 0 Å². The Kier molecular flexibility index (Phi) is 9.13. The molecular weight excluding hydrogens is 631 g/mol. The van der Waals surface area contributed by atoms with Crippen molar-refractivity contribution in [3.05, 3.63) is 94.3 Å². The van der Waals surface area contributed by atoms with E-state index in [9.17, 15) is 14.0 Å². The lowest BCUT2D eigenvalue weighted by Gasteiger charge is -2.61. The first-order chi connectivity index (χ1) is 24.0. The third kappa shape index (κ3) is 6.48. The van der Waals surface area contributed by atoms with Gasteiger partial charge in [0.1, 0.15) is 11.6 Å². The third-order valence-corrected chi connectivity index (χ3v) is 11.8. The van der Waals surface area contributed by atoms with Crippen LogP contribution < -0.4 is 20.5 Å². The van der Waals surface area contributed by atoms with E-state index in [1.54, 1.807) is 25.4 Å². The van der Waals surface area contributed by atoms with Gasteiger partial charge >= 0.3 is 0 Å². The average molecular weight is 679 g/mol. The molecule has 3 saturated carbocycles. The fourth-order valence-corrected chi connectivity index (χ4v) is 8.35. The average Bonchev–Trinajstić information content (AvgIpc) is 3.12. The van der Waals surface area contributed by atoms with E-state index in [4.69, 9.17) is 9.73 Å². The van der Waals surface area contributed by atoms with Crippen LogP contribution in [-0.2, 0) is 13.0 Å². The third-order valence-electron chi connectivity index (χ3n) is 11.8. The van der Waals surface area contributed by atoms with Crippen molar-refractivity contribution in [2.24, 2.45) is 28.2 Å². The van der Waals surface area contributed by atoms with Crippen LogP contribution in [0.25, 0.3) is 10.9 Å². The minimum atomic E-state index is -0.354. The molecule has 4 aromatic rings. The smallest absolute Gasteiger partial charge is 0.261 e. The fourth-order valence-electron chi connectivity index (χ4n) is 8.35. The van der Waals surface area contributed by atoms with E-state index in [2.05, 4.69) is 40.9 Å². The minimum absolute atomic E-state index is 0.0715. The highest BCUT2D eigenvalue weighted by Gasteiger charge is 2.56. The number of benzene rings is 3. The number of anilines is 2. The Hall–Kier alpha value is -4.73. The first kappa shape index (κ1) is 33.8. The van der Waals surface area contributed by atoms with E-state index < -0.39 is 0 Å². The number of Topliss-reactive ketones (excluding diaryl/α,β-unsaturated/α-hetero) is 1. The molecule has 2 unspecified atom stereocenters. The largest absolute Gasteiger partial charge is 0.497 e. The quantitative estimate of drug-likeness (QED) is 0.127. The summed E-state index contributed by atoms with van der Waals surface area (Å²) < 4.78 is 21.2. The highest BCUT2D eigenvalue weighted by Crippen LogP contribution is 2.61. The van der Waals surface area contributed by atoms with Gasteiger partial charge in [-0.1, -0.05) is 26.8 Å². The van der Waals surface area contributed by atoms with Crippen LogP contribution in [-0.4, -0.2) is 65.5 Å². The van der Waals surface area contributed by atoms with Crippen LogP contribution in [0.1, 0.15) is 56.5 Å². The van der Waals surface area contributed by atoms with Gasteiger partial charge in [-0.3, -0.25) is 14.2 Å². The standard InChI is InChI=1S/C40H47FN6O3/c1-25-34-20-29(40(34,3)4)21-36(25)44-39(46-18-16-45(17-19-46)31-10-6-27(7-11-31)26(2)48)43-30-9-13-33-37(22-30)42-24-47(38(33)49)15-14-28-8-12-32(50-5)23-35(28)41/h6-13,22-25,29,34,36H,14-21H2,1-5H3,(H,43,44)/t25?,29-,34?,36-/m0/s1. The first-order valence-corrected chi connectivity index (χ1v) is 17.8. The lowest BCUT2D eigenvalue weighted by Crippen LogP contribution is -2.57. The van der Waals surface area contributed by atoms with Crippen LogP contribution in [0.4, 0.5) is 15.8 Å². The fraction of sp³-hybridized carbons (Fsp3) is 0.450. The maximum Gasteiger partial charge on any atom is 0.261 e. The molecule has 1 aromatic heterocycles. The van der Waals surface area contributed by atoms with Gasteiger partial charge in [-0.05, 0) is 103 Å². The molecule has 8 rings (SSSR count). The van der Waals surface area contributed by atoms with Crippen LogP contribution in [0, 0.1) is 29.0 Å². The molecule has 4 atom stereocenters. The van der Waals surface area contributed by atoms with Crippen molar-refractivity contribution >= 4 is 34.0 Å². The van der Waals surface area contributed by atoms with Gasteiger partial charge in [0.2, 0.25) is 0 Å². The van der Waals surface area contributed by atoms with Crippen LogP contribution >= 0.6 is 0 Å². The number of ether oxygens (including phenoxy) is 1. The zero-order valence-electron chi connectivity index (χ0n) is 29.7. The zero-order valence-corrected chi connectivity index (χ0v) is 29.7. The topological polar surface area (TPSA) is 92.1 Å². The second-order valence-corrected chi connectivity index (χ2v) is 14.9. The molecule has 4 aliphatic rings. The maximum atomic E-state index is 14.5. The Balaban J connectivity index is 1.10. The van der Waals surface area contributed by atoms with Crippen molar-refractivity contribution in [2.45, 2.75) is 59.5 Å². The molecule has 1 saturated heterocycles. The number of hydrogen-bond acceptors (Lipinski definition) is 6. The van der Waals surface area contributed by atoms with E-state index in [1.807, 2.05) is 42.5 Å². The molecule has 9 nitrogen and oxygen atoms in total. The number of aryl methyl sites for hydroxylation is 2. The molecule has 4 fully saturated rings. The Morgan fingerprint density at radius 1 is 1.04 bits per heavy atom. The number of carbonyl (C=O) groups is 1. The number of aromatic nitrogens is 2. The zero-order chi connectivity index (χ0) is 35.2. The van der Waals surface area contributed by atoms with E-state index in [0.29, 0.717) is 58.4 Å². The molecule has 10 heteroatoms. The van der Waals surface area contributed by atoms with Gasteiger partial charge in [0.15, 0.2) is 11.7 Å². The lowest BCUT2D eigenvalue weighted by molar-refractivity contribution is -0.108. The summed E-state index contributed by atoms with van der Waals surface area (Å²) in [5.41, 5.74) is 4.00. The summed E-state index contributed by atoms with van der Waals surface area (Å²) in [6.45, 7) is 12.4. The number of piperazine rings is 1. The summed E-state index contributed by atoms with van der Waals surface area (Å²) in [7, 11) is 1.50. The number of fused-ring (bicyclic) bond motifs is 3. The van der Waals surface area contributed by atoms with Crippen LogP contribution in [0.15, 0.2) is 76.8 Å². The molecule has 50 heavy (non-hydrogen) atoms. The van der Waals surface area contributed by atoms with Crippen molar-refractivity contribution in [3.63, 3.8) is 0 Å². The number of hydrogen-bond donors (Lipinski definition) is 1. The van der Waals surface area contributed by atoms with Crippen molar-refractivity contribution in [3.8, 4) is 5.75 Å². The molecule has 1 aliphatic heterocycles. The second-order valence-electron chi connectivity index (χ2n) is 14.9. The predicted molar refractivity (Wildman–Crippen MR) is 197 cm³/mol. The minimum Gasteiger partial charge on any atom is -0.497 e. The SMILES string of the molecule is COc1ccc(CCn2cnc3cc(N/C(=N/[C@H]4C[C@@H]5CC(C4C)C5(C)C)N4CCN(c5ccc(C(C)=O)cc5)CC4)ccc3c2=O)c(F)c1. The summed E-state index contributed by atoms with van der Waals surface area (Å²) >= 11 is 0. The van der Waals surface area contributed by atoms with Crippen molar-refractivity contribution in [1.29, 1.82) is 0 Å². The molecule has 2 heterocycles. The molecule has 262 valence electrons. The van der Waals surface area contributed by atoms with Gasteiger partial charge in [-0.25, -0.2) is 14.4 Å². The Morgan fingerprint density at radius 3 is 2.46 bits per heavy atom. The number of guanidine groups is 1. The predicted octanol–water partition coefficient (Wildman–Crippen LogP) is 6.65. The van der Waals surface area contributed by atoms with Crippen molar-refractivity contribution < 1.29 is 13.9 Å². The number of nitrogens with one attached hydrogen (secondary N) is 1. The number of carbonyl (C=O) groups excluding carboxylic acids is 1. The number of rotatable bonds is 8. The monoisotopic (exact) mass is 678 g/mol. The summed E-state index contributed by atoms with van der Waals surface area (Å²) in [5.74, 6) is 2.91. The number of ketones is 1. The molecule has 1 N–H and O–H groups in total. The summed E-state index contributed by atoms with van der Waals surface area (Å²) in [6.07, 6.45) is 4.30. The van der Waals surface area contributed by atoms with Gasteiger partial charge in [0.25, 0.3) is 5.56 Å². The van der Waals surface area contributed by atoms with E-state index in [1.165, 1.54) is 24.2 Å². The molecule has 3 aliphatic carbocycles. The highest BCUT2D eigenvalue weighted by atomic mass is 19.1. The van der Waals surface area contributed by atoms with Gasteiger partial charge in [-0.15, -0.1) is 0 Å². The normalized spacial score (nSPS) is 23.0. The maximum absolute atomic E-state index is 14.5. The number of nitrogens with zero attached hydrogens (tertiary/aromatic N) is 5. The summed E-state index contributed by atoms with van der Waals surface area (Å²) in [4.78, 5) is 40.0. The van der Waals surface area contributed by atoms with Gasteiger partial charge in [0.05, 0.1) is 30.4 Å². The van der Waals surface area contributed by atoms with Crippen molar-refractivity contribution in [2.75, 3.05) is 43.5 Å². The summed E-state index contributed by atoms with van der Waals surface area (Å²) in [5, 5.41) is 4.16. The van der Waals surface area contributed by atoms with E-state index in [0.717, 1.165) is 55.5 Å². The number of halogens is 1.